The highest BCUT2D eigenvalue weighted by Gasteiger charge is 2.39. The second kappa shape index (κ2) is 8.26. The largest absolute Gasteiger partial charge is 0.493 e. The van der Waals surface area contributed by atoms with Crippen LogP contribution < -0.4 is 14.8 Å². The van der Waals surface area contributed by atoms with E-state index in [0.717, 1.165) is 10.5 Å². The predicted molar refractivity (Wildman–Crippen MR) is 94.4 cm³/mol. The highest BCUT2D eigenvalue weighted by atomic mass is 16.5. The summed E-state index contributed by atoms with van der Waals surface area (Å²) in [7, 11) is 3.05. The maximum Gasteiger partial charge on any atom is 0.325 e. The van der Waals surface area contributed by atoms with Crippen LogP contribution in [-0.2, 0) is 20.9 Å². The van der Waals surface area contributed by atoms with Gasteiger partial charge in [0.15, 0.2) is 11.5 Å². The number of nitrogens with zero attached hydrogens (tertiary/aromatic N) is 2. The molecule has 2 saturated heterocycles. The lowest BCUT2D eigenvalue weighted by Gasteiger charge is -2.27. The van der Waals surface area contributed by atoms with Crippen LogP contribution in [0.5, 0.6) is 11.5 Å². The van der Waals surface area contributed by atoms with Crippen molar-refractivity contribution >= 4 is 17.8 Å². The van der Waals surface area contributed by atoms with Gasteiger partial charge in [-0.2, -0.15) is 0 Å². The van der Waals surface area contributed by atoms with Crippen molar-refractivity contribution in [2.75, 3.05) is 40.5 Å². The Kier molecular flexibility index (Phi) is 5.80. The second-order valence-corrected chi connectivity index (χ2v) is 6.31. The summed E-state index contributed by atoms with van der Waals surface area (Å²) in [6.07, 6.45) is -0.0486. The molecule has 9 nitrogen and oxygen atoms in total. The van der Waals surface area contributed by atoms with Crippen molar-refractivity contribution in [2.45, 2.75) is 19.0 Å². The van der Waals surface area contributed by atoms with Gasteiger partial charge in [0, 0.05) is 13.1 Å². The molecule has 2 aliphatic heterocycles. The van der Waals surface area contributed by atoms with Gasteiger partial charge in [-0.25, -0.2) is 4.79 Å². The second-order valence-electron chi connectivity index (χ2n) is 6.31. The molecule has 0 aromatic heterocycles. The van der Waals surface area contributed by atoms with Crippen molar-refractivity contribution in [2.24, 2.45) is 0 Å². The Labute approximate surface area is 157 Å². The zero-order chi connectivity index (χ0) is 19.4. The van der Waals surface area contributed by atoms with E-state index in [0.29, 0.717) is 37.8 Å². The standard InChI is InChI=1S/C18H23N3O6/c1-25-14-4-3-12(9-15(14)26-2)11-21-17(23)13(19-18(21)24)10-16(22)20-5-7-27-8-6-20/h3-4,9,13H,5-8,10-11H2,1-2H3,(H,19,24). The van der Waals surface area contributed by atoms with E-state index in [-0.39, 0.29) is 18.9 Å². The van der Waals surface area contributed by atoms with Crippen LogP contribution in [0.1, 0.15) is 12.0 Å². The first-order valence-electron chi connectivity index (χ1n) is 8.71. The Bertz CT molecular complexity index is 732. The molecule has 146 valence electrons. The van der Waals surface area contributed by atoms with Crippen LogP contribution in [-0.4, -0.2) is 74.2 Å². The molecule has 4 amide bonds. The third kappa shape index (κ3) is 4.13. The summed E-state index contributed by atoms with van der Waals surface area (Å²) in [4.78, 5) is 39.9. The quantitative estimate of drug-likeness (QED) is 0.720. The molecule has 0 aliphatic carbocycles. The van der Waals surface area contributed by atoms with E-state index in [1.165, 1.54) is 14.2 Å². The number of methoxy groups -OCH3 is 2. The SMILES string of the molecule is COc1ccc(CN2C(=O)NC(CC(=O)N3CCOCC3)C2=O)cc1OC. The number of ether oxygens (including phenoxy) is 3. The van der Waals surface area contributed by atoms with Crippen molar-refractivity contribution in [3.63, 3.8) is 0 Å². The van der Waals surface area contributed by atoms with Crippen molar-refractivity contribution in [1.29, 1.82) is 0 Å². The van der Waals surface area contributed by atoms with Crippen molar-refractivity contribution in [1.82, 2.24) is 15.1 Å². The summed E-state index contributed by atoms with van der Waals surface area (Å²) in [5.41, 5.74) is 0.719. The zero-order valence-electron chi connectivity index (χ0n) is 15.4. The predicted octanol–water partition coefficient (Wildman–Crippen LogP) is 0.373. The molecule has 1 aromatic carbocycles. The first kappa shape index (κ1) is 19.0. The molecule has 0 radical (unpaired) electrons. The molecule has 9 heteroatoms. The van der Waals surface area contributed by atoms with Gasteiger partial charge < -0.3 is 24.4 Å². The summed E-state index contributed by atoms with van der Waals surface area (Å²) in [6.45, 7) is 2.07. The fourth-order valence-electron chi connectivity index (χ4n) is 3.14. The number of hydrogen-bond acceptors (Lipinski definition) is 6. The van der Waals surface area contributed by atoms with Crippen LogP contribution in [0.25, 0.3) is 0 Å². The molecule has 3 rings (SSSR count). The Balaban J connectivity index is 1.64. The van der Waals surface area contributed by atoms with E-state index in [9.17, 15) is 14.4 Å². The Hall–Kier alpha value is -2.81. The van der Waals surface area contributed by atoms with Crippen molar-refractivity contribution in [3.05, 3.63) is 23.8 Å². The van der Waals surface area contributed by atoms with Crippen LogP contribution in [0, 0.1) is 0 Å². The lowest BCUT2D eigenvalue weighted by atomic mass is 10.1. The molecular formula is C18H23N3O6. The minimum atomic E-state index is -0.840. The number of nitrogens with one attached hydrogen (secondary N) is 1. The van der Waals surface area contributed by atoms with E-state index >= 15 is 0 Å². The Morgan fingerprint density at radius 1 is 1.19 bits per heavy atom. The van der Waals surface area contributed by atoms with E-state index in [1.807, 2.05) is 0 Å². The van der Waals surface area contributed by atoms with Crippen LogP contribution in [0.3, 0.4) is 0 Å². The number of morpholine rings is 1. The number of imide groups is 1. The Morgan fingerprint density at radius 2 is 1.89 bits per heavy atom. The molecular weight excluding hydrogens is 354 g/mol. The van der Waals surface area contributed by atoms with Gasteiger partial charge in [-0.3, -0.25) is 14.5 Å². The number of carbonyl (C=O) groups is 3. The van der Waals surface area contributed by atoms with E-state index < -0.39 is 18.0 Å². The monoisotopic (exact) mass is 377 g/mol. The molecule has 0 spiro atoms. The number of urea groups is 1. The molecule has 1 unspecified atom stereocenters. The number of carbonyl (C=O) groups excluding carboxylic acids is 3. The van der Waals surface area contributed by atoms with Crippen molar-refractivity contribution in [3.8, 4) is 11.5 Å². The lowest BCUT2D eigenvalue weighted by Crippen LogP contribution is -2.44. The first-order valence-corrected chi connectivity index (χ1v) is 8.71. The molecule has 27 heavy (non-hydrogen) atoms. The first-order chi connectivity index (χ1) is 13.0. The molecule has 0 saturated carbocycles. The fraction of sp³-hybridized carbons (Fsp3) is 0.500. The van der Waals surface area contributed by atoms with Gasteiger partial charge in [0.1, 0.15) is 6.04 Å². The molecule has 1 aromatic rings. The topological polar surface area (TPSA) is 97.4 Å². The molecule has 1 N–H and O–H groups in total. The molecule has 2 fully saturated rings. The maximum absolute atomic E-state index is 12.6. The average molecular weight is 377 g/mol. The lowest BCUT2D eigenvalue weighted by molar-refractivity contribution is -0.138. The van der Waals surface area contributed by atoms with Crippen LogP contribution >= 0.6 is 0 Å². The van der Waals surface area contributed by atoms with E-state index in [2.05, 4.69) is 5.32 Å². The average Bonchev–Trinajstić information content (AvgIpc) is 2.95. The van der Waals surface area contributed by atoms with Crippen molar-refractivity contribution < 1.29 is 28.6 Å². The van der Waals surface area contributed by atoms with Gasteiger partial charge in [0.05, 0.1) is 40.4 Å². The number of rotatable bonds is 6. The number of benzene rings is 1. The van der Waals surface area contributed by atoms with Gasteiger partial charge in [-0.15, -0.1) is 0 Å². The molecule has 1 atom stereocenters. The normalized spacial score (nSPS) is 19.9. The summed E-state index contributed by atoms with van der Waals surface area (Å²) < 4.78 is 15.7. The van der Waals surface area contributed by atoms with Gasteiger partial charge in [0.25, 0.3) is 5.91 Å². The molecule has 2 aliphatic rings. The number of hydrogen-bond donors (Lipinski definition) is 1. The third-order valence-electron chi connectivity index (χ3n) is 4.64. The smallest absolute Gasteiger partial charge is 0.325 e. The maximum atomic E-state index is 12.6. The third-order valence-corrected chi connectivity index (χ3v) is 4.64. The Morgan fingerprint density at radius 3 is 2.56 bits per heavy atom. The van der Waals surface area contributed by atoms with Crippen LogP contribution in [0.4, 0.5) is 4.79 Å². The number of amides is 4. The van der Waals surface area contributed by atoms with Crippen LogP contribution in [0.15, 0.2) is 18.2 Å². The fourth-order valence-corrected chi connectivity index (χ4v) is 3.14. The minimum Gasteiger partial charge on any atom is -0.493 e. The van der Waals surface area contributed by atoms with E-state index in [4.69, 9.17) is 14.2 Å². The zero-order valence-corrected chi connectivity index (χ0v) is 15.4. The van der Waals surface area contributed by atoms with Gasteiger partial charge >= 0.3 is 6.03 Å². The van der Waals surface area contributed by atoms with Gasteiger partial charge in [0.2, 0.25) is 5.91 Å². The summed E-state index contributed by atoms with van der Waals surface area (Å²) in [6, 6.07) is 3.84. The molecule has 2 heterocycles. The van der Waals surface area contributed by atoms with Gasteiger partial charge in [-0.05, 0) is 17.7 Å². The minimum absolute atomic E-state index is 0.0486. The summed E-state index contributed by atoms with van der Waals surface area (Å²) in [5, 5.41) is 2.60. The van der Waals surface area contributed by atoms with Gasteiger partial charge in [-0.1, -0.05) is 6.07 Å². The van der Waals surface area contributed by atoms with Crippen LogP contribution in [0.2, 0.25) is 0 Å². The summed E-state index contributed by atoms with van der Waals surface area (Å²) >= 11 is 0. The summed E-state index contributed by atoms with van der Waals surface area (Å²) in [5.74, 6) is 0.509. The highest BCUT2D eigenvalue weighted by Crippen LogP contribution is 2.28. The van der Waals surface area contributed by atoms with E-state index in [1.54, 1.807) is 23.1 Å². The highest BCUT2D eigenvalue weighted by molar-refractivity contribution is 6.05. The molecule has 0 bridgehead atoms.